The first kappa shape index (κ1) is 18.5. The summed E-state index contributed by atoms with van der Waals surface area (Å²) in [4.78, 5) is 16.4. The molecule has 3 rings (SSSR count). The van der Waals surface area contributed by atoms with Gasteiger partial charge in [-0.25, -0.2) is 4.98 Å². The molecule has 2 aromatic rings. The Morgan fingerprint density at radius 2 is 2.15 bits per heavy atom. The molecule has 0 saturated carbocycles. The van der Waals surface area contributed by atoms with Crippen LogP contribution in [0.4, 0.5) is 0 Å². The summed E-state index contributed by atoms with van der Waals surface area (Å²) in [5, 5.41) is 10.6. The number of H-pyrrole nitrogens is 1. The van der Waals surface area contributed by atoms with Gasteiger partial charge in [-0.05, 0) is 56.4 Å². The van der Waals surface area contributed by atoms with E-state index in [1.54, 1.807) is 7.11 Å². The first-order valence-corrected chi connectivity index (χ1v) is 9.87. The van der Waals surface area contributed by atoms with Gasteiger partial charge < -0.3 is 10.1 Å². The van der Waals surface area contributed by atoms with Crippen LogP contribution >= 0.6 is 11.8 Å². The molecule has 7 heteroatoms. The molecule has 1 aliphatic carbocycles. The maximum Gasteiger partial charge on any atom is 0.230 e. The SMILES string of the molecule is COc1ccc(-c2nc(SCC(=O)NCCC3=CCCCC3)n[nH]2)cc1. The van der Waals surface area contributed by atoms with E-state index in [-0.39, 0.29) is 5.91 Å². The van der Waals surface area contributed by atoms with E-state index in [4.69, 9.17) is 4.74 Å². The molecular formula is C19H24N4O2S. The number of nitrogens with one attached hydrogen (secondary N) is 2. The summed E-state index contributed by atoms with van der Waals surface area (Å²) in [7, 11) is 1.63. The Balaban J connectivity index is 1.42. The van der Waals surface area contributed by atoms with Crippen LogP contribution < -0.4 is 10.1 Å². The number of amides is 1. The second-order valence-corrected chi connectivity index (χ2v) is 7.13. The summed E-state index contributed by atoms with van der Waals surface area (Å²) in [6.45, 7) is 0.705. The number of carbonyl (C=O) groups excluding carboxylic acids is 1. The molecule has 1 heterocycles. The molecule has 0 atom stereocenters. The van der Waals surface area contributed by atoms with Crippen molar-refractivity contribution in [1.29, 1.82) is 0 Å². The minimum atomic E-state index is 0.0159. The molecule has 2 N–H and O–H groups in total. The number of methoxy groups -OCH3 is 1. The van der Waals surface area contributed by atoms with Crippen molar-refractivity contribution in [3.63, 3.8) is 0 Å². The molecule has 1 aromatic heterocycles. The topological polar surface area (TPSA) is 79.9 Å². The number of thioether (sulfide) groups is 1. The highest BCUT2D eigenvalue weighted by Crippen LogP contribution is 2.22. The van der Waals surface area contributed by atoms with Crippen LogP contribution in [-0.2, 0) is 4.79 Å². The van der Waals surface area contributed by atoms with Crippen LogP contribution in [-0.4, -0.2) is 40.5 Å². The van der Waals surface area contributed by atoms with Crippen molar-refractivity contribution in [3.05, 3.63) is 35.9 Å². The Kier molecular flexibility index (Phi) is 6.71. The van der Waals surface area contributed by atoms with Gasteiger partial charge in [-0.15, -0.1) is 5.10 Å². The fourth-order valence-corrected chi connectivity index (χ4v) is 3.49. The average molecular weight is 372 g/mol. The van der Waals surface area contributed by atoms with Crippen molar-refractivity contribution in [2.45, 2.75) is 37.3 Å². The summed E-state index contributed by atoms with van der Waals surface area (Å²) in [5.74, 6) is 1.81. The fourth-order valence-electron chi connectivity index (χ4n) is 2.86. The van der Waals surface area contributed by atoms with Gasteiger partial charge in [0.1, 0.15) is 5.75 Å². The zero-order valence-electron chi connectivity index (χ0n) is 15.0. The Morgan fingerprint density at radius 1 is 1.31 bits per heavy atom. The summed E-state index contributed by atoms with van der Waals surface area (Å²) in [5.41, 5.74) is 2.40. The van der Waals surface area contributed by atoms with Crippen molar-refractivity contribution >= 4 is 17.7 Å². The third kappa shape index (κ3) is 5.36. The number of carbonyl (C=O) groups is 1. The summed E-state index contributed by atoms with van der Waals surface area (Å²) >= 11 is 1.33. The number of aromatic amines is 1. The van der Waals surface area contributed by atoms with Crippen LogP contribution in [0.3, 0.4) is 0 Å². The molecule has 0 fully saturated rings. The van der Waals surface area contributed by atoms with E-state index >= 15 is 0 Å². The van der Waals surface area contributed by atoms with E-state index in [1.807, 2.05) is 24.3 Å². The molecule has 1 aromatic carbocycles. The molecule has 1 aliphatic rings. The van der Waals surface area contributed by atoms with Crippen LogP contribution in [0.2, 0.25) is 0 Å². The van der Waals surface area contributed by atoms with Crippen molar-refractivity contribution in [2.75, 3.05) is 19.4 Å². The van der Waals surface area contributed by atoms with Crippen LogP contribution in [0.15, 0.2) is 41.1 Å². The van der Waals surface area contributed by atoms with Crippen molar-refractivity contribution in [3.8, 4) is 17.1 Å². The van der Waals surface area contributed by atoms with Gasteiger partial charge in [-0.1, -0.05) is 23.4 Å². The van der Waals surface area contributed by atoms with E-state index in [2.05, 4.69) is 26.6 Å². The largest absolute Gasteiger partial charge is 0.497 e. The number of nitrogens with zero attached hydrogens (tertiary/aromatic N) is 2. The molecule has 0 saturated heterocycles. The van der Waals surface area contributed by atoms with E-state index in [0.29, 0.717) is 23.3 Å². The van der Waals surface area contributed by atoms with Crippen LogP contribution in [0.25, 0.3) is 11.4 Å². The molecule has 138 valence electrons. The number of ether oxygens (including phenoxy) is 1. The minimum absolute atomic E-state index is 0.0159. The fraction of sp³-hybridized carbons (Fsp3) is 0.421. The van der Waals surface area contributed by atoms with Gasteiger partial charge >= 0.3 is 0 Å². The van der Waals surface area contributed by atoms with Gasteiger partial charge in [-0.3, -0.25) is 9.89 Å². The molecule has 0 bridgehead atoms. The highest BCUT2D eigenvalue weighted by Gasteiger charge is 2.10. The quantitative estimate of drug-likeness (QED) is 0.547. The van der Waals surface area contributed by atoms with E-state index in [0.717, 1.165) is 17.7 Å². The van der Waals surface area contributed by atoms with E-state index in [1.165, 1.54) is 43.0 Å². The molecular weight excluding hydrogens is 348 g/mol. The van der Waals surface area contributed by atoms with E-state index < -0.39 is 0 Å². The van der Waals surface area contributed by atoms with Crippen molar-refractivity contribution < 1.29 is 9.53 Å². The molecule has 1 amide bonds. The lowest BCUT2D eigenvalue weighted by molar-refractivity contribution is -0.118. The molecule has 6 nitrogen and oxygen atoms in total. The number of hydrogen-bond acceptors (Lipinski definition) is 5. The number of benzene rings is 1. The maximum absolute atomic E-state index is 12.0. The second-order valence-electron chi connectivity index (χ2n) is 6.19. The predicted molar refractivity (Wildman–Crippen MR) is 103 cm³/mol. The molecule has 0 spiro atoms. The third-order valence-corrected chi connectivity index (χ3v) is 5.16. The standard InChI is InChI=1S/C19H24N4O2S/c1-25-16-9-7-15(8-10-16)18-21-19(23-22-18)26-13-17(24)20-12-11-14-5-3-2-4-6-14/h5,7-10H,2-4,6,11-13H2,1H3,(H,20,24)(H,21,22,23). The normalized spacial score (nSPS) is 14.0. The van der Waals surface area contributed by atoms with Gasteiger partial charge in [0.05, 0.1) is 12.9 Å². The Labute approximate surface area is 157 Å². The number of aromatic nitrogens is 3. The lowest BCUT2D eigenvalue weighted by atomic mass is 9.97. The number of allylic oxidation sites excluding steroid dienone is 1. The first-order chi connectivity index (χ1) is 12.7. The maximum atomic E-state index is 12.0. The van der Waals surface area contributed by atoms with Crippen LogP contribution in [0.1, 0.15) is 32.1 Å². The average Bonchev–Trinajstić information content (AvgIpc) is 3.16. The first-order valence-electron chi connectivity index (χ1n) is 8.89. The lowest BCUT2D eigenvalue weighted by Gasteiger charge is -2.12. The van der Waals surface area contributed by atoms with E-state index in [9.17, 15) is 4.79 Å². The number of hydrogen-bond donors (Lipinski definition) is 2. The van der Waals surface area contributed by atoms with Crippen LogP contribution in [0.5, 0.6) is 5.75 Å². The Hall–Kier alpha value is -2.28. The molecule has 0 unspecified atom stereocenters. The van der Waals surface area contributed by atoms with Crippen molar-refractivity contribution in [1.82, 2.24) is 20.5 Å². The smallest absolute Gasteiger partial charge is 0.230 e. The zero-order chi connectivity index (χ0) is 18.2. The number of rotatable bonds is 8. The second kappa shape index (κ2) is 9.43. The molecule has 26 heavy (non-hydrogen) atoms. The highest BCUT2D eigenvalue weighted by molar-refractivity contribution is 7.99. The molecule has 0 aliphatic heterocycles. The molecule has 0 radical (unpaired) electrons. The van der Waals surface area contributed by atoms with Gasteiger partial charge in [0, 0.05) is 12.1 Å². The summed E-state index contributed by atoms with van der Waals surface area (Å²) < 4.78 is 5.15. The minimum Gasteiger partial charge on any atom is -0.497 e. The monoisotopic (exact) mass is 372 g/mol. The zero-order valence-corrected chi connectivity index (χ0v) is 15.8. The lowest BCUT2D eigenvalue weighted by Crippen LogP contribution is -2.26. The Bertz CT molecular complexity index is 755. The van der Waals surface area contributed by atoms with Crippen molar-refractivity contribution in [2.24, 2.45) is 0 Å². The van der Waals surface area contributed by atoms with Gasteiger partial charge in [0.2, 0.25) is 11.1 Å². The summed E-state index contributed by atoms with van der Waals surface area (Å²) in [6, 6.07) is 7.58. The van der Waals surface area contributed by atoms with Gasteiger partial charge in [-0.2, -0.15) is 0 Å². The highest BCUT2D eigenvalue weighted by atomic mass is 32.2. The van der Waals surface area contributed by atoms with Gasteiger partial charge in [0.25, 0.3) is 0 Å². The third-order valence-electron chi connectivity index (χ3n) is 4.31. The summed E-state index contributed by atoms with van der Waals surface area (Å²) in [6.07, 6.45) is 8.20. The predicted octanol–water partition coefficient (Wildman–Crippen LogP) is 3.58. The van der Waals surface area contributed by atoms with Crippen LogP contribution in [0, 0.1) is 0 Å². The van der Waals surface area contributed by atoms with Gasteiger partial charge in [0.15, 0.2) is 5.82 Å². The Morgan fingerprint density at radius 3 is 2.88 bits per heavy atom.